The molecule has 6 nitrogen and oxygen atoms in total. The Labute approximate surface area is 189 Å². The number of aromatic nitrogens is 2. The second-order valence-corrected chi connectivity index (χ2v) is 6.76. The second kappa shape index (κ2) is 12.3. The number of hydrogen-bond donors (Lipinski definition) is 2. The van der Waals surface area contributed by atoms with E-state index < -0.39 is 0 Å². The van der Waals surface area contributed by atoms with Crippen LogP contribution in [0.15, 0.2) is 59.9 Å². The molecule has 0 bridgehead atoms. The maximum absolute atomic E-state index is 5.87. The van der Waals surface area contributed by atoms with Crippen LogP contribution in [0.2, 0.25) is 0 Å². The van der Waals surface area contributed by atoms with Gasteiger partial charge in [0.1, 0.15) is 5.75 Å². The van der Waals surface area contributed by atoms with Crippen molar-refractivity contribution in [3.63, 3.8) is 0 Å². The number of guanidine groups is 1. The largest absolute Gasteiger partial charge is 0.494 e. The van der Waals surface area contributed by atoms with E-state index in [4.69, 9.17) is 4.74 Å². The van der Waals surface area contributed by atoms with Crippen LogP contribution in [0.25, 0.3) is 10.8 Å². The molecule has 0 saturated carbocycles. The van der Waals surface area contributed by atoms with Gasteiger partial charge in [0.05, 0.1) is 12.8 Å². The summed E-state index contributed by atoms with van der Waals surface area (Å²) < 4.78 is 7.71. The molecule has 0 aliphatic rings. The zero-order valence-electron chi connectivity index (χ0n) is 17.1. The molecular formula is C22H30IN5O. The molecule has 156 valence electrons. The Morgan fingerprint density at radius 1 is 1.07 bits per heavy atom. The van der Waals surface area contributed by atoms with Gasteiger partial charge < -0.3 is 15.4 Å². The Morgan fingerprint density at radius 2 is 1.83 bits per heavy atom. The second-order valence-electron chi connectivity index (χ2n) is 6.76. The average molecular weight is 507 g/mol. The fraction of sp³-hybridized carbons (Fsp3) is 0.364. The van der Waals surface area contributed by atoms with Crippen LogP contribution in [0.1, 0.15) is 18.4 Å². The molecule has 0 unspecified atom stereocenters. The van der Waals surface area contributed by atoms with Crippen LogP contribution in [0.3, 0.4) is 0 Å². The molecule has 0 atom stereocenters. The van der Waals surface area contributed by atoms with E-state index in [-0.39, 0.29) is 24.0 Å². The Kier molecular flexibility index (Phi) is 9.76. The number of halogens is 1. The molecule has 0 aliphatic heterocycles. The first-order valence-electron chi connectivity index (χ1n) is 9.78. The third-order valence-electron chi connectivity index (χ3n) is 4.52. The number of hydrogen-bond acceptors (Lipinski definition) is 3. The maximum atomic E-state index is 5.87. The Balaban J connectivity index is 0.00000300. The molecule has 2 N–H and O–H groups in total. The third-order valence-corrected chi connectivity index (χ3v) is 4.52. The first-order valence-corrected chi connectivity index (χ1v) is 9.78. The molecule has 2 aromatic carbocycles. The van der Waals surface area contributed by atoms with Gasteiger partial charge >= 0.3 is 0 Å². The van der Waals surface area contributed by atoms with Gasteiger partial charge in [-0.2, -0.15) is 5.10 Å². The fourth-order valence-corrected chi connectivity index (χ4v) is 3.05. The zero-order valence-corrected chi connectivity index (χ0v) is 19.4. The number of rotatable bonds is 9. The van der Waals surface area contributed by atoms with Gasteiger partial charge in [-0.25, -0.2) is 0 Å². The maximum Gasteiger partial charge on any atom is 0.190 e. The molecule has 7 heteroatoms. The highest BCUT2D eigenvalue weighted by molar-refractivity contribution is 14.0. The molecule has 29 heavy (non-hydrogen) atoms. The lowest BCUT2D eigenvalue weighted by Gasteiger charge is -2.12. The van der Waals surface area contributed by atoms with Crippen molar-refractivity contribution in [2.75, 3.05) is 26.7 Å². The van der Waals surface area contributed by atoms with Gasteiger partial charge in [0.15, 0.2) is 5.96 Å². The quantitative estimate of drug-likeness (QED) is 0.201. The van der Waals surface area contributed by atoms with Crippen LogP contribution < -0.4 is 15.4 Å². The van der Waals surface area contributed by atoms with Crippen molar-refractivity contribution in [2.24, 2.45) is 12.0 Å². The molecule has 0 amide bonds. The number of nitrogens with one attached hydrogen (secondary N) is 2. The molecule has 3 rings (SSSR count). The van der Waals surface area contributed by atoms with Gasteiger partial charge in [-0.15, -0.1) is 24.0 Å². The summed E-state index contributed by atoms with van der Waals surface area (Å²) in [5.41, 5.74) is 1.26. The molecule has 1 aromatic heterocycles. The van der Waals surface area contributed by atoms with Crippen molar-refractivity contribution in [3.05, 3.63) is 60.4 Å². The van der Waals surface area contributed by atoms with E-state index >= 15 is 0 Å². The van der Waals surface area contributed by atoms with Gasteiger partial charge in [-0.3, -0.25) is 9.67 Å². The van der Waals surface area contributed by atoms with Crippen molar-refractivity contribution in [1.82, 2.24) is 20.4 Å². The van der Waals surface area contributed by atoms with E-state index in [1.54, 1.807) is 7.05 Å². The summed E-state index contributed by atoms with van der Waals surface area (Å²) in [5, 5.41) is 13.3. The Morgan fingerprint density at radius 3 is 2.55 bits per heavy atom. The normalized spacial score (nSPS) is 11.2. The summed E-state index contributed by atoms with van der Waals surface area (Å²) in [7, 11) is 3.74. The van der Waals surface area contributed by atoms with Crippen LogP contribution in [-0.2, 0) is 13.5 Å². The van der Waals surface area contributed by atoms with E-state index in [9.17, 15) is 0 Å². The predicted molar refractivity (Wildman–Crippen MR) is 130 cm³/mol. The summed E-state index contributed by atoms with van der Waals surface area (Å²) in [6.45, 7) is 2.36. The van der Waals surface area contributed by atoms with Gasteiger partial charge in [-0.05, 0) is 47.7 Å². The summed E-state index contributed by atoms with van der Waals surface area (Å²) in [5.74, 6) is 1.74. The van der Waals surface area contributed by atoms with Crippen LogP contribution in [0.4, 0.5) is 0 Å². The van der Waals surface area contributed by atoms with Crippen molar-refractivity contribution in [3.8, 4) is 5.75 Å². The van der Waals surface area contributed by atoms with Gasteiger partial charge in [0.25, 0.3) is 0 Å². The molecular weight excluding hydrogens is 477 g/mol. The highest BCUT2D eigenvalue weighted by Crippen LogP contribution is 2.20. The van der Waals surface area contributed by atoms with Gasteiger partial charge in [0.2, 0.25) is 0 Å². The number of fused-ring (bicyclic) bond motifs is 1. The van der Waals surface area contributed by atoms with E-state index in [1.165, 1.54) is 16.3 Å². The monoisotopic (exact) mass is 507 g/mol. The Hall–Kier alpha value is -2.29. The highest BCUT2D eigenvalue weighted by Gasteiger charge is 2.00. The SMILES string of the molecule is CN=C(NCCCOc1ccc2ccccc2c1)NCCCc1cnn(C)c1.I. The Bertz CT molecular complexity index is 909. The van der Waals surface area contributed by atoms with E-state index in [1.807, 2.05) is 36.1 Å². The van der Waals surface area contributed by atoms with E-state index in [0.29, 0.717) is 6.61 Å². The molecule has 0 fully saturated rings. The summed E-state index contributed by atoms with van der Waals surface area (Å²) >= 11 is 0. The number of aliphatic imine (C=N–C) groups is 1. The minimum absolute atomic E-state index is 0. The van der Waals surface area contributed by atoms with Gasteiger partial charge in [0, 0.05) is 33.4 Å². The van der Waals surface area contributed by atoms with Crippen molar-refractivity contribution in [1.29, 1.82) is 0 Å². The van der Waals surface area contributed by atoms with Crippen molar-refractivity contribution < 1.29 is 4.74 Å². The number of benzene rings is 2. The lowest BCUT2D eigenvalue weighted by atomic mass is 10.1. The number of ether oxygens (including phenoxy) is 1. The van der Waals surface area contributed by atoms with E-state index in [0.717, 1.165) is 44.1 Å². The molecule has 0 radical (unpaired) electrons. The minimum atomic E-state index is 0. The smallest absolute Gasteiger partial charge is 0.190 e. The lowest BCUT2D eigenvalue weighted by Crippen LogP contribution is -2.38. The highest BCUT2D eigenvalue weighted by atomic mass is 127. The first kappa shape index (κ1) is 23.0. The number of aryl methyl sites for hydroxylation is 2. The predicted octanol–water partition coefficient (Wildman–Crippen LogP) is 3.76. The number of nitrogens with zero attached hydrogens (tertiary/aromatic N) is 3. The zero-order chi connectivity index (χ0) is 19.6. The molecule has 0 aliphatic carbocycles. The topological polar surface area (TPSA) is 63.5 Å². The summed E-state index contributed by atoms with van der Waals surface area (Å²) in [4.78, 5) is 4.26. The molecule has 3 aromatic rings. The standard InChI is InChI=1S/C22H29N5O.HI/c1-23-22(24-12-5-7-18-16-26-27(2)17-18)25-13-6-14-28-21-11-10-19-8-3-4-9-20(19)15-21;/h3-4,8-11,15-17H,5-7,12-14H2,1-2H3,(H2,23,24,25);1H. The van der Waals surface area contributed by atoms with Crippen LogP contribution in [-0.4, -0.2) is 42.5 Å². The van der Waals surface area contributed by atoms with Crippen LogP contribution >= 0.6 is 24.0 Å². The molecule has 1 heterocycles. The van der Waals surface area contributed by atoms with Crippen LogP contribution in [0, 0.1) is 0 Å². The van der Waals surface area contributed by atoms with Crippen LogP contribution in [0.5, 0.6) is 5.75 Å². The van der Waals surface area contributed by atoms with Crippen molar-refractivity contribution >= 4 is 40.7 Å². The van der Waals surface area contributed by atoms with E-state index in [2.05, 4.69) is 51.2 Å². The first-order chi connectivity index (χ1) is 13.7. The summed E-state index contributed by atoms with van der Waals surface area (Å²) in [6.07, 6.45) is 6.93. The van der Waals surface area contributed by atoms with Gasteiger partial charge in [-0.1, -0.05) is 30.3 Å². The average Bonchev–Trinajstić information content (AvgIpc) is 3.14. The third kappa shape index (κ3) is 7.56. The lowest BCUT2D eigenvalue weighted by molar-refractivity contribution is 0.311. The van der Waals surface area contributed by atoms with Crippen molar-refractivity contribution in [2.45, 2.75) is 19.3 Å². The minimum Gasteiger partial charge on any atom is -0.494 e. The molecule has 0 spiro atoms. The molecule has 0 saturated heterocycles. The summed E-state index contributed by atoms with van der Waals surface area (Å²) in [6, 6.07) is 14.5. The fourth-order valence-electron chi connectivity index (χ4n) is 3.05.